The summed E-state index contributed by atoms with van der Waals surface area (Å²) in [4.78, 5) is 18.4. The third-order valence-electron chi connectivity index (χ3n) is 3.35. The highest BCUT2D eigenvalue weighted by atomic mass is 16.4. The molecule has 0 aliphatic carbocycles. The van der Waals surface area contributed by atoms with E-state index in [4.69, 9.17) is 10.2 Å². The monoisotopic (exact) mass is 257 g/mol. The van der Waals surface area contributed by atoms with E-state index in [9.17, 15) is 4.79 Å². The molecule has 1 aromatic carbocycles. The van der Waals surface area contributed by atoms with Gasteiger partial charge < -0.3 is 15.1 Å². The van der Waals surface area contributed by atoms with Gasteiger partial charge in [-0.05, 0) is 31.0 Å². The first kappa shape index (κ1) is 11.8. The molecular formula is C14H15N3O2. The highest BCUT2D eigenvalue weighted by Gasteiger charge is 2.29. The molecule has 2 heterocycles. The van der Waals surface area contributed by atoms with Gasteiger partial charge in [-0.25, -0.2) is 4.98 Å². The second-order valence-electron chi connectivity index (χ2n) is 4.74. The number of carbonyl (C=O) groups excluding carboxylic acids is 1. The fraction of sp³-hybridized carbons (Fsp3) is 0.286. The van der Waals surface area contributed by atoms with Gasteiger partial charge in [-0.2, -0.15) is 0 Å². The van der Waals surface area contributed by atoms with Crippen molar-refractivity contribution in [2.45, 2.75) is 20.3 Å². The number of nitrogens with zero attached hydrogens (tertiary/aromatic N) is 2. The Kier molecular flexibility index (Phi) is 2.55. The van der Waals surface area contributed by atoms with Crippen LogP contribution in [0, 0.1) is 13.8 Å². The zero-order valence-corrected chi connectivity index (χ0v) is 10.9. The number of benzene rings is 1. The Hall–Kier alpha value is -2.30. The first-order valence-electron chi connectivity index (χ1n) is 6.20. The lowest BCUT2D eigenvalue weighted by molar-refractivity contribution is 0.0960. The van der Waals surface area contributed by atoms with E-state index in [1.54, 1.807) is 18.7 Å². The molecule has 3 rings (SSSR count). The summed E-state index contributed by atoms with van der Waals surface area (Å²) in [6.07, 6.45) is 0.841. The van der Waals surface area contributed by atoms with Crippen molar-refractivity contribution in [3.63, 3.8) is 0 Å². The highest BCUT2D eigenvalue weighted by Crippen LogP contribution is 2.31. The van der Waals surface area contributed by atoms with Gasteiger partial charge in [0.2, 0.25) is 5.76 Å². The molecule has 0 saturated carbocycles. The fourth-order valence-electron chi connectivity index (χ4n) is 2.46. The zero-order valence-electron chi connectivity index (χ0n) is 10.9. The summed E-state index contributed by atoms with van der Waals surface area (Å²) >= 11 is 0. The Morgan fingerprint density at radius 1 is 1.42 bits per heavy atom. The number of anilines is 2. The van der Waals surface area contributed by atoms with Crippen molar-refractivity contribution in [2.24, 2.45) is 0 Å². The van der Waals surface area contributed by atoms with Crippen molar-refractivity contribution in [1.29, 1.82) is 0 Å². The number of hydrogen-bond donors (Lipinski definition) is 1. The van der Waals surface area contributed by atoms with Gasteiger partial charge in [0.1, 0.15) is 0 Å². The number of aryl methyl sites for hydroxylation is 2. The Morgan fingerprint density at radius 2 is 2.21 bits per heavy atom. The van der Waals surface area contributed by atoms with Crippen LogP contribution in [0.15, 0.2) is 22.6 Å². The van der Waals surface area contributed by atoms with Crippen LogP contribution in [0.3, 0.4) is 0 Å². The third kappa shape index (κ3) is 1.87. The number of nitrogen functional groups attached to an aromatic ring is 1. The van der Waals surface area contributed by atoms with Crippen LogP contribution in [0.4, 0.5) is 11.4 Å². The van der Waals surface area contributed by atoms with E-state index in [-0.39, 0.29) is 5.91 Å². The average molecular weight is 257 g/mol. The first-order chi connectivity index (χ1) is 9.06. The summed E-state index contributed by atoms with van der Waals surface area (Å²) in [6.45, 7) is 4.16. The number of hydrogen-bond acceptors (Lipinski definition) is 4. The Labute approximate surface area is 111 Å². The van der Waals surface area contributed by atoms with Crippen molar-refractivity contribution in [3.8, 4) is 0 Å². The predicted molar refractivity (Wildman–Crippen MR) is 72.2 cm³/mol. The smallest absolute Gasteiger partial charge is 0.296 e. The molecule has 0 fully saturated rings. The second kappa shape index (κ2) is 4.12. The lowest BCUT2D eigenvalue weighted by Crippen LogP contribution is -2.29. The minimum Gasteiger partial charge on any atom is -0.436 e. The summed E-state index contributed by atoms with van der Waals surface area (Å²) in [5.41, 5.74) is 9.08. The van der Waals surface area contributed by atoms with E-state index in [0.29, 0.717) is 29.6 Å². The number of oxazole rings is 1. The average Bonchev–Trinajstić information content (AvgIpc) is 2.91. The van der Waals surface area contributed by atoms with Gasteiger partial charge in [0, 0.05) is 24.8 Å². The lowest BCUT2D eigenvalue weighted by atomic mass is 10.1. The van der Waals surface area contributed by atoms with Crippen LogP contribution >= 0.6 is 0 Å². The molecule has 2 N–H and O–H groups in total. The molecule has 5 nitrogen and oxygen atoms in total. The number of nitrogens with two attached hydrogens (primary N) is 1. The van der Waals surface area contributed by atoms with Crippen LogP contribution in [0.25, 0.3) is 0 Å². The number of aromatic nitrogens is 1. The molecule has 0 spiro atoms. The molecule has 19 heavy (non-hydrogen) atoms. The van der Waals surface area contributed by atoms with E-state index in [1.807, 2.05) is 18.2 Å². The van der Waals surface area contributed by atoms with Crippen LogP contribution in [0.5, 0.6) is 0 Å². The molecule has 98 valence electrons. The van der Waals surface area contributed by atoms with Gasteiger partial charge in [0.25, 0.3) is 5.91 Å². The van der Waals surface area contributed by atoms with Crippen molar-refractivity contribution < 1.29 is 9.21 Å². The van der Waals surface area contributed by atoms with Crippen LogP contribution in [-0.2, 0) is 6.42 Å². The SMILES string of the molecule is Cc1nc(C)c(C(=O)N2CCc3ccc(N)cc32)o1. The minimum atomic E-state index is -0.151. The molecule has 1 amide bonds. The maximum atomic E-state index is 12.5. The summed E-state index contributed by atoms with van der Waals surface area (Å²) in [5, 5.41) is 0. The summed E-state index contributed by atoms with van der Waals surface area (Å²) < 4.78 is 5.40. The molecular weight excluding hydrogens is 242 g/mol. The molecule has 0 radical (unpaired) electrons. The topological polar surface area (TPSA) is 72.4 Å². The minimum absolute atomic E-state index is 0.151. The van der Waals surface area contributed by atoms with Gasteiger partial charge in [-0.3, -0.25) is 4.79 Å². The molecule has 2 aromatic rings. The summed E-state index contributed by atoms with van der Waals surface area (Å²) in [7, 11) is 0. The predicted octanol–water partition coefficient (Wildman–Crippen LogP) is 2.08. The summed E-state index contributed by atoms with van der Waals surface area (Å²) in [6, 6.07) is 5.66. The lowest BCUT2D eigenvalue weighted by Gasteiger charge is -2.16. The number of carbonyl (C=O) groups is 1. The molecule has 0 atom stereocenters. The zero-order chi connectivity index (χ0) is 13.6. The van der Waals surface area contributed by atoms with Gasteiger partial charge >= 0.3 is 0 Å². The maximum absolute atomic E-state index is 12.5. The maximum Gasteiger partial charge on any atom is 0.296 e. The van der Waals surface area contributed by atoms with Gasteiger partial charge in [0.15, 0.2) is 5.89 Å². The van der Waals surface area contributed by atoms with Crippen LogP contribution in [0.1, 0.15) is 27.7 Å². The van der Waals surface area contributed by atoms with Crippen LogP contribution in [-0.4, -0.2) is 17.4 Å². The molecule has 1 aliphatic rings. The Balaban J connectivity index is 2.00. The van der Waals surface area contributed by atoms with Gasteiger partial charge in [0.05, 0.1) is 5.69 Å². The van der Waals surface area contributed by atoms with Crippen molar-refractivity contribution in [3.05, 3.63) is 41.1 Å². The van der Waals surface area contributed by atoms with E-state index in [2.05, 4.69) is 4.98 Å². The van der Waals surface area contributed by atoms with Crippen LogP contribution < -0.4 is 10.6 Å². The van der Waals surface area contributed by atoms with Gasteiger partial charge in [-0.15, -0.1) is 0 Å². The fourth-order valence-corrected chi connectivity index (χ4v) is 2.46. The molecule has 1 aromatic heterocycles. The Morgan fingerprint density at radius 3 is 2.89 bits per heavy atom. The molecule has 5 heteroatoms. The molecule has 1 aliphatic heterocycles. The molecule has 0 bridgehead atoms. The van der Waals surface area contributed by atoms with E-state index >= 15 is 0 Å². The number of amides is 1. The standard InChI is InChI=1S/C14H15N3O2/c1-8-13(19-9(2)16-8)14(18)17-6-5-10-3-4-11(15)7-12(10)17/h3-4,7H,5-6,15H2,1-2H3. The second-order valence-corrected chi connectivity index (χ2v) is 4.74. The Bertz CT molecular complexity index is 661. The first-order valence-corrected chi connectivity index (χ1v) is 6.20. The van der Waals surface area contributed by atoms with Crippen molar-refractivity contribution in [1.82, 2.24) is 4.98 Å². The van der Waals surface area contributed by atoms with Crippen molar-refractivity contribution in [2.75, 3.05) is 17.2 Å². The third-order valence-corrected chi connectivity index (χ3v) is 3.35. The van der Waals surface area contributed by atoms with Gasteiger partial charge in [-0.1, -0.05) is 6.07 Å². The van der Waals surface area contributed by atoms with Crippen molar-refractivity contribution >= 4 is 17.3 Å². The molecule has 0 saturated heterocycles. The number of rotatable bonds is 1. The highest BCUT2D eigenvalue weighted by molar-refractivity contribution is 6.06. The number of fused-ring (bicyclic) bond motifs is 1. The normalized spacial score (nSPS) is 13.7. The largest absolute Gasteiger partial charge is 0.436 e. The summed E-state index contributed by atoms with van der Waals surface area (Å²) in [5.74, 6) is 0.670. The van der Waals surface area contributed by atoms with E-state index < -0.39 is 0 Å². The van der Waals surface area contributed by atoms with E-state index in [0.717, 1.165) is 17.7 Å². The van der Waals surface area contributed by atoms with Crippen LogP contribution in [0.2, 0.25) is 0 Å². The molecule has 0 unspecified atom stereocenters. The quantitative estimate of drug-likeness (QED) is 0.794. The van der Waals surface area contributed by atoms with E-state index in [1.165, 1.54) is 0 Å².